The molecule has 0 rings (SSSR count). The van der Waals surface area contributed by atoms with Crippen LogP contribution in [0.3, 0.4) is 0 Å². The third kappa shape index (κ3) is 22.5. The van der Waals surface area contributed by atoms with Crippen LogP contribution in [-0.2, 0) is 9.57 Å². The first-order chi connectivity index (χ1) is 5.54. The smallest absolute Gasteiger partial charge is 0.151 e. The van der Waals surface area contributed by atoms with Crippen molar-refractivity contribution < 1.29 is 14.7 Å². The SMILES string of the molecule is CCOC(C)O.CCON(C)C. The molecule has 1 atom stereocenters. The Morgan fingerprint density at radius 3 is 1.75 bits per heavy atom. The van der Waals surface area contributed by atoms with Crippen molar-refractivity contribution in [3.05, 3.63) is 0 Å². The molecule has 4 nitrogen and oxygen atoms in total. The number of nitrogens with zero attached hydrogens (tertiary/aromatic N) is 1. The van der Waals surface area contributed by atoms with E-state index in [2.05, 4.69) is 4.74 Å². The lowest BCUT2D eigenvalue weighted by Crippen LogP contribution is -2.11. The molecule has 0 aliphatic heterocycles. The van der Waals surface area contributed by atoms with E-state index in [0.717, 1.165) is 6.61 Å². The molecule has 12 heavy (non-hydrogen) atoms. The molecule has 0 radical (unpaired) electrons. The van der Waals surface area contributed by atoms with Gasteiger partial charge in [-0.1, -0.05) is 0 Å². The van der Waals surface area contributed by atoms with E-state index < -0.39 is 6.29 Å². The van der Waals surface area contributed by atoms with E-state index in [4.69, 9.17) is 9.94 Å². The maximum Gasteiger partial charge on any atom is 0.151 e. The standard InChI is InChI=1S/C4H11NO.C4H10O2/c1-4-6-5(2)3;1-3-6-4(2)5/h4H2,1-3H3;4-5H,3H2,1-2H3. The minimum atomic E-state index is -0.602. The zero-order chi connectivity index (χ0) is 9.98. The second kappa shape index (κ2) is 10.8. The lowest BCUT2D eigenvalue weighted by molar-refractivity contribution is -0.113. The van der Waals surface area contributed by atoms with Gasteiger partial charge in [-0.3, -0.25) is 4.84 Å². The maximum atomic E-state index is 8.33. The third-order valence-electron chi connectivity index (χ3n) is 0.795. The first kappa shape index (κ1) is 14.4. The van der Waals surface area contributed by atoms with Gasteiger partial charge in [-0.25, -0.2) is 0 Å². The van der Waals surface area contributed by atoms with Crippen molar-refractivity contribution in [2.24, 2.45) is 0 Å². The number of hydroxylamine groups is 2. The number of aliphatic hydroxyl groups is 1. The van der Waals surface area contributed by atoms with Crippen LogP contribution in [0.2, 0.25) is 0 Å². The number of hydrogen-bond acceptors (Lipinski definition) is 4. The molecule has 0 bridgehead atoms. The van der Waals surface area contributed by atoms with Gasteiger partial charge in [-0.05, 0) is 20.8 Å². The summed E-state index contributed by atoms with van der Waals surface area (Å²) in [5.41, 5.74) is 0. The van der Waals surface area contributed by atoms with Crippen LogP contribution < -0.4 is 0 Å². The van der Waals surface area contributed by atoms with Crippen molar-refractivity contribution in [3.8, 4) is 0 Å². The lowest BCUT2D eigenvalue weighted by atomic mass is 10.7. The van der Waals surface area contributed by atoms with Crippen molar-refractivity contribution in [3.63, 3.8) is 0 Å². The zero-order valence-electron chi connectivity index (χ0n) is 8.70. The normalized spacial score (nSPS) is 12.2. The Kier molecular flexibility index (Phi) is 13.0. The van der Waals surface area contributed by atoms with Gasteiger partial charge in [0.15, 0.2) is 6.29 Å². The van der Waals surface area contributed by atoms with Gasteiger partial charge in [-0.2, -0.15) is 5.06 Å². The van der Waals surface area contributed by atoms with Crippen molar-refractivity contribution in [2.75, 3.05) is 27.3 Å². The van der Waals surface area contributed by atoms with Gasteiger partial charge in [0, 0.05) is 20.7 Å². The molecule has 0 aliphatic rings. The first-order valence-corrected chi connectivity index (χ1v) is 4.14. The average molecular weight is 179 g/mol. The van der Waals surface area contributed by atoms with Crippen LogP contribution in [-0.4, -0.2) is 43.8 Å². The van der Waals surface area contributed by atoms with Gasteiger partial charge >= 0.3 is 0 Å². The van der Waals surface area contributed by atoms with Crippen LogP contribution in [0, 0.1) is 0 Å². The van der Waals surface area contributed by atoms with E-state index >= 15 is 0 Å². The predicted octanol–water partition coefficient (Wildman–Crippen LogP) is 0.861. The van der Waals surface area contributed by atoms with Crippen molar-refractivity contribution in [2.45, 2.75) is 27.1 Å². The molecule has 1 unspecified atom stereocenters. The van der Waals surface area contributed by atoms with Gasteiger partial charge in [0.05, 0.1) is 6.61 Å². The monoisotopic (exact) mass is 179 g/mol. The molecule has 4 heteroatoms. The van der Waals surface area contributed by atoms with Crippen LogP contribution in [0.25, 0.3) is 0 Å². The highest BCUT2D eigenvalue weighted by atomic mass is 16.7. The van der Waals surface area contributed by atoms with Crippen molar-refractivity contribution >= 4 is 0 Å². The summed E-state index contributed by atoms with van der Waals surface area (Å²) in [6.07, 6.45) is -0.602. The second-order valence-corrected chi connectivity index (χ2v) is 2.28. The summed E-state index contributed by atoms with van der Waals surface area (Å²) in [6, 6.07) is 0. The molecule has 1 N–H and O–H groups in total. The Hall–Kier alpha value is -0.160. The lowest BCUT2D eigenvalue weighted by Gasteiger charge is -2.05. The van der Waals surface area contributed by atoms with Gasteiger partial charge in [-0.15, -0.1) is 0 Å². The number of hydrogen-bond donors (Lipinski definition) is 1. The van der Waals surface area contributed by atoms with Gasteiger partial charge in [0.25, 0.3) is 0 Å². The van der Waals surface area contributed by atoms with Crippen molar-refractivity contribution in [1.82, 2.24) is 5.06 Å². The summed E-state index contributed by atoms with van der Waals surface area (Å²) in [5, 5.41) is 10.0. The molecular weight excluding hydrogens is 158 g/mol. The quantitative estimate of drug-likeness (QED) is 0.513. The summed E-state index contributed by atoms with van der Waals surface area (Å²) in [6.45, 7) is 6.72. The Balaban J connectivity index is 0. The summed E-state index contributed by atoms with van der Waals surface area (Å²) in [5.74, 6) is 0. The molecule has 0 amide bonds. The van der Waals surface area contributed by atoms with E-state index in [9.17, 15) is 0 Å². The number of ether oxygens (including phenoxy) is 1. The fraction of sp³-hybridized carbons (Fsp3) is 1.00. The molecule has 0 aromatic heterocycles. The zero-order valence-corrected chi connectivity index (χ0v) is 8.70. The summed E-state index contributed by atoms with van der Waals surface area (Å²) >= 11 is 0. The summed E-state index contributed by atoms with van der Waals surface area (Å²) in [7, 11) is 3.73. The Bertz CT molecular complexity index is 66.7. The summed E-state index contributed by atoms with van der Waals surface area (Å²) < 4.78 is 4.60. The minimum Gasteiger partial charge on any atom is -0.368 e. The van der Waals surface area contributed by atoms with E-state index in [-0.39, 0.29) is 0 Å². The topological polar surface area (TPSA) is 41.9 Å². The van der Waals surface area contributed by atoms with Crippen LogP contribution in [0.4, 0.5) is 0 Å². The highest BCUT2D eigenvalue weighted by Crippen LogP contribution is 1.78. The largest absolute Gasteiger partial charge is 0.368 e. The molecule has 0 fully saturated rings. The highest BCUT2D eigenvalue weighted by molar-refractivity contribution is 4.17. The molecule has 0 aliphatic carbocycles. The van der Waals surface area contributed by atoms with Crippen LogP contribution >= 0.6 is 0 Å². The van der Waals surface area contributed by atoms with Gasteiger partial charge in [0.1, 0.15) is 0 Å². The van der Waals surface area contributed by atoms with Gasteiger partial charge < -0.3 is 9.84 Å². The molecule has 0 spiro atoms. The Morgan fingerprint density at radius 2 is 1.75 bits per heavy atom. The maximum absolute atomic E-state index is 8.33. The molecule has 0 aromatic carbocycles. The first-order valence-electron chi connectivity index (χ1n) is 4.14. The van der Waals surface area contributed by atoms with Crippen LogP contribution in [0.1, 0.15) is 20.8 Å². The molecule has 0 saturated carbocycles. The van der Waals surface area contributed by atoms with Crippen molar-refractivity contribution in [1.29, 1.82) is 0 Å². The number of rotatable bonds is 4. The molecule has 0 heterocycles. The fourth-order valence-electron chi connectivity index (χ4n) is 0.499. The summed E-state index contributed by atoms with van der Waals surface area (Å²) in [4.78, 5) is 4.88. The van der Waals surface area contributed by atoms with Crippen LogP contribution in [0.5, 0.6) is 0 Å². The van der Waals surface area contributed by atoms with E-state index in [1.165, 1.54) is 0 Å². The molecule has 76 valence electrons. The van der Waals surface area contributed by atoms with Crippen LogP contribution in [0.15, 0.2) is 0 Å². The Labute approximate surface area is 75.0 Å². The minimum absolute atomic E-state index is 0.581. The number of aliphatic hydroxyl groups excluding tert-OH is 1. The second-order valence-electron chi connectivity index (χ2n) is 2.28. The Morgan fingerprint density at radius 1 is 1.25 bits per heavy atom. The van der Waals surface area contributed by atoms with E-state index in [1.54, 1.807) is 12.0 Å². The highest BCUT2D eigenvalue weighted by Gasteiger charge is 1.85. The van der Waals surface area contributed by atoms with E-state index in [0.29, 0.717) is 6.61 Å². The predicted molar refractivity (Wildman–Crippen MR) is 48.6 cm³/mol. The third-order valence-corrected chi connectivity index (χ3v) is 0.795. The van der Waals surface area contributed by atoms with Gasteiger partial charge in [0.2, 0.25) is 0 Å². The average Bonchev–Trinajstić information content (AvgIpc) is 1.87. The van der Waals surface area contributed by atoms with E-state index in [1.807, 2.05) is 27.9 Å². The molecule has 0 aromatic rings. The fourth-order valence-corrected chi connectivity index (χ4v) is 0.499. The molecule has 0 saturated heterocycles. The molecular formula is C8H21NO3.